The number of nitrogens with one attached hydrogen (secondary N) is 2. The van der Waals surface area contributed by atoms with Gasteiger partial charge >= 0.3 is 0 Å². The summed E-state index contributed by atoms with van der Waals surface area (Å²) < 4.78 is 0. The predicted molar refractivity (Wildman–Crippen MR) is 83.1 cm³/mol. The molecular weight excluding hydrogens is 236 g/mol. The Balaban J connectivity index is 1.98. The van der Waals surface area contributed by atoms with Crippen LogP contribution in [0.15, 0.2) is 18.2 Å². The summed E-state index contributed by atoms with van der Waals surface area (Å²) in [6.07, 6.45) is 10.7. The molecule has 0 aromatic carbocycles. The summed E-state index contributed by atoms with van der Waals surface area (Å²) in [6, 6.07) is 5.76. The van der Waals surface area contributed by atoms with E-state index in [0.717, 1.165) is 12.4 Å². The maximum Gasteiger partial charge on any atom is 0.142 e. The van der Waals surface area contributed by atoms with Gasteiger partial charge in [0.05, 0.1) is 0 Å². The second kappa shape index (κ2) is 10.6. The lowest BCUT2D eigenvalue weighted by molar-refractivity contribution is 0.581. The maximum absolute atomic E-state index is 5.32. The van der Waals surface area contributed by atoms with Crippen LogP contribution in [0.3, 0.4) is 0 Å². The first kappa shape index (κ1) is 15.8. The largest absolute Gasteiger partial charge is 0.370 e. The van der Waals surface area contributed by atoms with Crippen LogP contribution in [-0.2, 0) is 0 Å². The number of hydrogen-bond donors (Lipinski definition) is 3. The van der Waals surface area contributed by atoms with Crippen LogP contribution in [0, 0.1) is 0 Å². The first-order valence-corrected chi connectivity index (χ1v) is 7.54. The standard InChI is InChI=1S/C15H28N4/c1-2-3-4-5-6-7-8-9-13-17-14-11-10-12-15(18-14)19-16/h10-12H,2-9,13,16H2,1H3,(H2,17,18,19). The summed E-state index contributed by atoms with van der Waals surface area (Å²) in [5, 5.41) is 3.32. The summed E-state index contributed by atoms with van der Waals surface area (Å²) >= 11 is 0. The average Bonchev–Trinajstić information content (AvgIpc) is 2.46. The van der Waals surface area contributed by atoms with Gasteiger partial charge in [-0.2, -0.15) is 0 Å². The van der Waals surface area contributed by atoms with Gasteiger partial charge in [-0.05, 0) is 18.6 Å². The Bertz CT molecular complexity index is 328. The van der Waals surface area contributed by atoms with E-state index in [0.29, 0.717) is 5.82 Å². The van der Waals surface area contributed by atoms with Crippen molar-refractivity contribution in [2.24, 2.45) is 5.84 Å². The summed E-state index contributed by atoms with van der Waals surface area (Å²) in [5.74, 6) is 6.91. The Morgan fingerprint density at radius 1 is 0.947 bits per heavy atom. The second-order valence-electron chi connectivity index (χ2n) is 4.95. The Kier molecular flexibility index (Phi) is 8.81. The van der Waals surface area contributed by atoms with E-state index in [1.165, 1.54) is 51.4 Å². The molecule has 0 aliphatic rings. The molecule has 1 heterocycles. The Morgan fingerprint density at radius 3 is 2.26 bits per heavy atom. The molecular formula is C15H28N4. The van der Waals surface area contributed by atoms with Crippen LogP contribution in [0.4, 0.5) is 11.6 Å². The van der Waals surface area contributed by atoms with Gasteiger partial charge in [0.2, 0.25) is 0 Å². The van der Waals surface area contributed by atoms with Crippen molar-refractivity contribution in [3.05, 3.63) is 18.2 Å². The van der Waals surface area contributed by atoms with Crippen molar-refractivity contribution < 1.29 is 0 Å². The molecule has 1 rings (SSSR count). The monoisotopic (exact) mass is 264 g/mol. The summed E-state index contributed by atoms with van der Waals surface area (Å²) in [7, 11) is 0. The van der Waals surface area contributed by atoms with Gasteiger partial charge in [-0.15, -0.1) is 0 Å². The van der Waals surface area contributed by atoms with Crippen LogP contribution >= 0.6 is 0 Å². The van der Waals surface area contributed by atoms with Crippen molar-refractivity contribution >= 4 is 11.6 Å². The number of anilines is 2. The highest BCUT2D eigenvalue weighted by Crippen LogP contribution is 2.10. The predicted octanol–water partition coefficient (Wildman–Crippen LogP) is 3.92. The highest BCUT2D eigenvalue weighted by Gasteiger charge is 1.95. The van der Waals surface area contributed by atoms with Crippen molar-refractivity contribution in [2.45, 2.75) is 58.3 Å². The first-order valence-electron chi connectivity index (χ1n) is 7.54. The molecule has 4 nitrogen and oxygen atoms in total. The molecule has 0 spiro atoms. The average molecular weight is 264 g/mol. The molecule has 0 saturated carbocycles. The first-order chi connectivity index (χ1) is 9.36. The van der Waals surface area contributed by atoms with Gasteiger partial charge in [-0.1, -0.05) is 57.9 Å². The van der Waals surface area contributed by atoms with E-state index in [9.17, 15) is 0 Å². The van der Waals surface area contributed by atoms with Gasteiger partial charge in [0, 0.05) is 6.54 Å². The van der Waals surface area contributed by atoms with Crippen LogP contribution < -0.4 is 16.6 Å². The van der Waals surface area contributed by atoms with Crippen molar-refractivity contribution in [1.29, 1.82) is 0 Å². The molecule has 0 atom stereocenters. The molecule has 4 heteroatoms. The van der Waals surface area contributed by atoms with Gasteiger partial charge in [0.25, 0.3) is 0 Å². The fraction of sp³-hybridized carbons (Fsp3) is 0.667. The van der Waals surface area contributed by atoms with E-state index in [4.69, 9.17) is 5.84 Å². The highest BCUT2D eigenvalue weighted by atomic mass is 15.3. The molecule has 108 valence electrons. The molecule has 0 amide bonds. The number of hydrazine groups is 1. The van der Waals surface area contributed by atoms with E-state index in [1.807, 2.05) is 18.2 Å². The topological polar surface area (TPSA) is 63.0 Å². The Hall–Kier alpha value is -1.29. The molecule has 0 radical (unpaired) electrons. The van der Waals surface area contributed by atoms with Crippen molar-refractivity contribution in [2.75, 3.05) is 17.3 Å². The van der Waals surface area contributed by atoms with E-state index >= 15 is 0 Å². The molecule has 0 fully saturated rings. The number of pyridine rings is 1. The van der Waals surface area contributed by atoms with E-state index in [2.05, 4.69) is 22.7 Å². The van der Waals surface area contributed by atoms with Crippen LogP contribution in [0.5, 0.6) is 0 Å². The lowest BCUT2D eigenvalue weighted by atomic mass is 10.1. The fourth-order valence-electron chi connectivity index (χ4n) is 2.09. The molecule has 0 aliphatic heterocycles. The van der Waals surface area contributed by atoms with Crippen LogP contribution in [0.1, 0.15) is 58.3 Å². The van der Waals surface area contributed by atoms with Crippen molar-refractivity contribution in [1.82, 2.24) is 4.98 Å². The number of rotatable bonds is 11. The van der Waals surface area contributed by atoms with E-state index in [-0.39, 0.29) is 0 Å². The quantitative estimate of drug-likeness (QED) is 0.322. The molecule has 0 unspecified atom stereocenters. The lowest BCUT2D eigenvalue weighted by Gasteiger charge is -2.07. The van der Waals surface area contributed by atoms with Crippen molar-refractivity contribution in [3.63, 3.8) is 0 Å². The maximum atomic E-state index is 5.32. The minimum absolute atomic E-state index is 0.695. The van der Waals surface area contributed by atoms with Crippen LogP contribution in [0.25, 0.3) is 0 Å². The Labute approximate surface area is 117 Å². The lowest BCUT2D eigenvalue weighted by Crippen LogP contribution is -2.10. The molecule has 0 aliphatic carbocycles. The number of nitrogens with zero attached hydrogens (tertiary/aromatic N) is 1. The van der Waals surface area contributed by atoms with Gasteiger partial charge in [0.15, 0.2) is 0 Å². The minimum Gasteiger partial charge on any atom is -0.370 e. The second-order valence-corrected chi connectivity index (χ2v) is 4.95. The summed E-state index contributed by atoms with van der Waals surface area (Å²) in [4.78, 5) is 4.31. The zero-order valence-electron chi connectivity index (χ0n) is 12.1. The third-order valence-corrected chi connectivity index (χ3v) is 3.23. The smallest absolute Gasteiger partial charge is 0.142 e. The zero-order valence-corrected chi connectivity index (χ0v) is 12.1. The summed E-state index contributed by atoms with van der Waals surface area (Å²) in [5.41, 5.74) is 2.55. The molecule has 1 aromatic heterocycles. The summed E-state index contributed by atoms with van der Waals surface area (Å²) in [6.45, 7) is 3.24. The molecule has 0 bridgehead atoms. The molecule has 1 aromatic rings. The third-order valence-electron chi connectivity index (χ3n) is 3.23. The number of unbranched alkanes of at least 4 members (excludes halogenated alkanes) is 7. The molecule has 0 saturated heterocycles. The van der Waals surface area contributed by atoms with Crippen LogP contribution in [-0.4, -0.2) is 11.5 Å². The van der Waals surface area contributed by atoms with Crippen LogP contribution in [0.2, 0.25) is 0 Å². The van der Waals surface area contributed by atoms with Gasteiger partial charge in [0.1, 0.15) is 11.6 Å². The third kappa shape index (κ3) is 7.67. The van der Waals surface area contributed by atoms with E-state index in [1.54, 1.807) is 0 Å². The number of aromatic nitrogens is 1. The number of nitrogen functional groups attached to an aromatic ring is 1. The highest BCUT2D eigenvalue weighted by molar-refractivity contribution is 5.44. The number of nitrogens with two attached hydrogens (primary N) is 1. The van der Waals surface area contributed by atoms with Crippen molar-refractivity contribution in [3.8, 4) is 0 Å². The number of hydrogen-bond acceptors (Lipinski definition) is 4. The van der Waals surface area contributed by atoms with Gasteiger partial charge < -0.3 is 10.7 Å². The van der Waals surface area contributed by atoms with Gasteiger partial charge in [-0.25, -0.2) is 10.8 Å². The SMILES string of the molecule is CCCCCCCCCCNc1cccc(NN)n1. The molecule has 19 heavy (non-hydrogen) atoms. The minimum atomic E-state index is 0.695. The Morgan fingerprint density at radius 2 is 1.58 bits per heavy atom. The zero-order chi connectivity index (χ0) is 13.8. The normalized spacial score (nSPS) is 10.4. The molecule has 4 N–H and O–H groups in total. The van der Waals surface area contributed by atoms with E-state index < -0.39 is 0 Å². The fourth-order valence-corrected chi connectivity index (χ4v) is 2.09. The van der Waals surface area contributed by atoms with Gasteiger partial charge in [-0.3, -0.25) is 0 Å².